The van der Waals surface area contributed by atoms with Crippen LogP contribution < -0.4 is 10.5 Å². The molecule has 2 aromatic rings. The highest BCUT2D eigenvalue weighted by Crippen LogP contribution is 2.30. The van der Waals surface area contributed by atoms with Gasteiger partial charge in [0.2, 0.25) is 0 Å². The lowest BCUT2D eigenvalue weighted by atomic mass is 9.86. The maximum absolute atomic E-state index is 11.8. The number of benzene rings is 2. The molecule has 0 saturated heterocycles. The first-order valence-corrected chi connectivity index (χ1v) is 7.08. The molecule has 2 atom stereocenters. The molecule has 0 saturated carbocycles. The molecule has 0 aliphatic heterocycles. The monoisotopic (exact) mass is 317 g/mol. The number of aliphatic hydroxyl groups excluding tert-OH is 2. The van der Waals surface area contributed by atoms with E-state index < -0.39 is 24.2 Å². The van der Waals surface area contributed by atoms with Gasteiger partial charge in [-0.1, -0.05) is 42.5 Å². The van der Waals surface area contributed by atoms with Crippen LogP contribution in [0.3, 0.4) is 0 Å². The van der Waals surface area contributed by atoms with Crippen LogP contribution in [0.4, 0.5) is 0 Å². The Kier molecular flexibility index (Phi) is 5.33. The zero-order valence-corrected chi connectivity index (χ0v) is 12.4. The van der Waals surface area contributed by atoms with E-state index in [0.717, 1.165) is 0 Å². The number of nitrogens with two attached hydrogens (primary N) is 1. The molecule has 6 heteroatoms. The molecule has 0 radical (unpaired) electrons. The molecule has 5 N–H and O–H groups in total. The van der Waals surface area contributed by atoms with Crippen LogP contribution in [0.15, 0.2) is 54.6 Å². The topological polar surface area (TPSA) is 113 Å². The van der Waals surface area contributed by atoms with Gasteiger partial charge in [0.05, 0.1) is 6.61 Å². The van der Waals surface area contributed by atoms with E-state index in [1.165, 1.54) is 12.1 Å². The summed E-state index contributed by atoms with van der Waals surface area (Å²) in [4.78, 5) is 11.8. The SMILES string of the molecule is NC(=O)C(O)(c1ccccc1)c1ccc(OC[C@@H](O)CO)cc1. The van der Waals surface area contributed by atoms with E-state index in [0.29, 0.717) is 16.9 Å². The van der Waals surface area contributed by atoms with Gasteiger partial charge in [0.25, 0.3) is 5.91 Å². The number of rotatable bonds is 7. The Morgan fingerprint density at radius 2 is 1.65 bits per heavy atom. The average molecular weight is 317 g/mol. The second-order valence-corrected chi connectivity index (χ2v) is 5.11. The quantitative estimate of drug-likeness (QED) is 0.580. The number of hydrogen-bond acceptors (Lipinski definition) is 5. The molecule has 0 aromatic heterocycles. The van der Waals surface area contributed by atoms with Crippen molar-refractivity contribution in [2.24, 2.45) is 5.73 Å². The summed E-state index contributed by atoms with van der Waals surface area (Å²) in [6.45, 7) is -0.456. The molecule has 122 valence electrons. The molecular formula is C17H19NO5. The van der Waals surface area contributed by atoms with E-state index in [-0.39, 0.29) is 6.61 Å². The second-order valence-electron chi connectivity index (χ2n) is 5.11. The molecule has 6 nitrogen and oxygen atoms in total. The minimum absolute atomic E-state index is 0.0609. The largest absolute Gasteiger partial charge is 0.491 e. The van der Waals surface area contributed by atoms with Gasteiger partial charge in [-0.25, -0.2) is 0 Å². The number of primary amides is 1. The van der Waals surface area contributed by atoms with Gasteiger partial charge < -0.3 is 25.8 Å². The Bertz CT molecular complexity index is 644. The van der Waals surface area contributed by atoms with Crippen LogP contribution in [-0.2, 0) is 10.4 Å². The summed E-state index contributed by atoms with van der Waals surface area (Å²) < 4.78 is 5.28. The van der Waals surface area contributed by atoms with Crippen LogP contribution in [0.2, 0.25) is 0 Å². The maximum atomic E-state index is 11.8. The molecule has 0 aliphatic rings. The molecule has 2 rings (SSSR count). The third kappa shape index (κ3) is 3.68. The number of ether oxygens (including phenoxy) is 1. The summed E-state index contributed by atoms with van der Waals surface area (Å²) in [5.41, 5.74) is 4.15. The predicted molar refractivity (Wildman–Crippen MR) is 83.7 cm³/mol. The summed E-state index contributed by atoms with van der Waals surface area (Å²) in [6, 6.07) is 14.6. The molecule has 23 heavy (non-hydrogen) atoms. The van der Waals surface area contributed by atoms with Crippen molar-refractivity contribution in [1.29, 1.82) is 0 Å². The van der Waals surface area contributed by atoms with Crippen LogP contribution >= 0.6 is 0 Å². The molecule has 1 unspecified atom stereocenters. The number of carbonyl (C=O) groups is 1. The zero-order valence-electron chi connectivity index (χ0n) is 12.4. The minimum atomic E-state index is -1.94. The smallest absolute Gasteiger partial charge is 0.258 e. The molecule has 0 fully saturated rings. The van der Waals surface area contributed by atoms with E-state index in [4.69, 9.17) is 15.6 Å². The zero-order chi connectivity index (χ0) is 16.9. The van der Waals surface area contributed by atoms with Crippen molar-refractivity contribution in [2.75, 3.05) is 13.2 Å². The Morgan fingerprint density at radius 1 is 1.09 bits per heavy atom. The van der Waals surface area contributed by atoms with Crippen LogP contribution in [0, 0.1) is 0 Å². The lowest BCUT2D eigenvalue weighted by molar-refractivity contribution is -0.133. The van der Waals surface area contributed by atoms with Gasteiger partial charge in [0.15, 0.2) is 5.60 Å². The fourth-order valence-corrected chi connectivity index (χ4v) is 2.17. The summed E-state index contributed by atoms with van der Waals surface area (Å²) in [5, 5.41) is 28.8. The predicted octanol–water partition coefficient (Wildman–Crippen LogP) is 0.140. The average Bonchev–Trinajstić information content (AvgIpc) is 2.60. The van der Waals surface area contributed by atoms with Gasteiger partial charge in [-0.15, -0.1) is 0 Å². The fraction of sp³-hybridized carbons (Fsp3) is 0.235. The van der Waals surface area contributed by atoms with Gasteiger partial charge in [-0.2, -0.15) is 0 Å². The lowest BCUT2D eigenvalue weighted by Crippen LogP contribution is -2.42. The van der Waals surface area contributed by atoms with E-state index in [1.807, 2.05) is 0 Å². The minimum Gasteiger partial charge on any atom is -0.491 e. The highest BCUT2D eigenvalue weighted by atomic mass is 16.5. The number of amides is 1. The lowest BCUT2D eigenvalue weighted by Gasteiger charge is -2.26. The van der Waals surface area contributed by atoms with E-state index in [2.05, 4.69) is 0 Å². The van der Waals surface area contributed by atoms with Crippen molar-refractivity contribution < 1.29 is 24.9 Å². The van der Waals surface area contributed by atoms with Gasteiger partial charge in [-0.05, 0) is 23.3 Å². The number of carbonyl (C=O) groups excluding carboxylic acids is 1. The van der Waals surface area contributed by atoms with Crippen LogP contribution in [0.25, 0.3) is 0 Å². The van der Waals surface area contributed by atoms with Crippen molar-refractivity contribution in [3.63, 3.8) is 0 Å². The molecule has 2 aromatic carbocycles. The standard InChI is InChI=1S/C17H19NO5/c18-16(21)17(22,12-4-2-1-3-5-12)13-6-8-15(9-7-13)23-11-14(20)10-19/h1-9,14,19-20,22H,10-11H2,(H2,18,21)/t14-,17?/m0/s1. The molecule has 0 spiro atoms. The van der Waals surface area contributed by atoms with E-state index in [1.54, 1.807) is 42.5 Å². The normalized spacial score (nSPS) is 14.7. The molecule has 0 aliphatic carbocycles. The van der Waals surface area contributed by atoms with Crippen molar-refractivity contribution in [3.05, 3.63) is 65.7 Å². The molecule has 1 amide bonds. The van der Waals surface area contributed by atoms with Crippen molar-refractivity contribution in [2.45, 2.75) is 11.7 Å². The van der Waals surface area contributed by atoms with Crippen molar-refractivity contribution in [1.82, 2.24) is 0 Å². The Labute approximate surface area is 133 Å². The van der Waals surface area contributed by atoms with Crippen LogP contribution in [-0.4, -0.2) is 40.5 Å². The summed E-state index contributed by atoms with van der Waals surface area (Å²) >= 11 is 0. The Morgan fingerprint density at radius 3 is 2.17 bits per heavy atom. The summed E-state index contributed by atoms with van der Waals surface area (Å²) in [6.07, 6.45) is -0.971. The highest BCUT2D eigenvalue weighted by Gasteiger charge is 2.37. The molecule has 0 heterocycles. The Balaban J connectivity index is 2.26. The summed E-state index contributed by atoms with van der Waals surface area (Å²) in [7, 11) is 0. The van der Waals surface area contributed by atoms with Crippen molar-refractivity contribution >= 4 is 5.91 Å². The van der Waals surface area contributed by atoms with E-state index >= 15 is 0 Å². The highest BCUT2D eigenvalue weighted by molar-refractivity contribution is 5.88. The fourth-order valence-electron chi connectivity index (χ4n) is 2.17. The van der Waals surface area contributed by atoms with Gasteiger partial charge in [0.1, 0.15) is 18.5 Å². The third-order valence-corrected chi connectivity index (χ3v) is 3.47. The number of aliphatic hydroxyl groups is 3. The summed E-state index contributed by atoms with van der Waals surface area (Å²) in [5.74, 6) is -0.450. The van der Waals surface area contributed by atoms with Gasteiger partial charge in [0, 0.05) is 0 Å². The third-order valence-electron chi connectivity index (χ3n) is 3.47. The van der Waals surface area contributed by atoms with E-state index in [9.17, 15) is 15.0 Å². The second kappa shape index (κ2) is 7.23. The molecule has 0 bridgehead atoms. The van der Waals surface area contributed by atoms with Crippen LogP contribution in [0.1, 0.15) is 11.1 Å². The van der Waals surface area contributed by atoms with Crippen molar-refractivity contribution in [3.8, 4) is 5.75 Å². The Hall–Kier alpha value is -2.41. The first-order chi connectivity index (χ1) is 11.0. The first kappa shape index (κ1) is 17.0. The first-order valence-electron chi connectivity index (χ1n) is 7.08. The maximum Gasteiger partial charge on any atom is 0.258 e. The van der Waals surface area contributed by atoms with Crippen LogP contribution in [0.5, 0.6) is 5.75 Å². The number of hydrogen-bond donors (Lipinski definition) is 4. The van der Waals surface area contributed by atoms with Gasteiger partial charge >= 0.3 is 0 Å². The molecular weight excluding hydrogens is 298 g/mol. The van der Waals surface area contributed by atoms with Gasteiger partial charge in [-0.3, -0.25) is 4.79 Å².